The third kappa shape index (κ3) is 9.29. The number of piperazine rings is 1. The molecule has 0 bridgehead atoms. The van der Waals surface area contributed by atoms with Crippen molar-refractivity contribution >= 4 is 23.6 Å². The molecule has 1 aromatic rings. The van der Waals surface area contributed by atoms with Gasteiger partial charge in [-0.3, -0.25) is 14.5 Å². The fourth-order valence-corrected chi connectivity index (χ4v) is 4.19. The zero-order chi connectivity index (χ0) is 19.3. The summed E-state index contributed by atoms with van der Waals surface area (Å²) in [6, 6.07) is 10.5. The molecule has 27 heavy (non-hydrogen) atoms. The van der Waals surface area contributed by atoms with E-state index in [2.05, 4.69) is 29.2 Å². The molecule has 0 aliphatic carbocycles. The minimum absolute atomic E-state index is 0.205. The van der Waals surface area contributed by atoms with Gasteiger partial charge in [0.25, 0.3) is 0 Å². The predicted octanol–water partition coefficient (Wildman–Crippen LogP) is 3.74. The quantitative estimate of drug-likeness (QED) is 0.434. The molecule has 0 spiro atoms. The molecule has 5 nitrogen and oxygen atoms in total. The number of carboxylic acid groups (broad SMARTS) is 1. The van der Waals surface area contributed by atoms with Gasteiger partial charge in [0.1, 0.15) is 0 Å². The monoisotopic (exact) mass is 392 g/mol. The van der Waals surface area contributed by atoms with Crippen molar-refractivity contribution in [2.24, 2.45) is 0 Å². The molecule has 1 amide bonds. The number of carbonyl (C=O) groups is 2. The lowest BCUT2D eigenvalue weighted by molar-refractivity contribution is -0.137. The maximum atomic E-state index is 12.2. The summed E-state index contributed by atoms with van der Waals surface area (Å²) in [4.78, 5) is 28.5. The van der Waals surface area contributed by atoms with Crippen molar-refractivity contribution in [3.05, 3.63) is 30.3 Å². The third-order valence-corrected chi connectivity index (χ3v) is 5.99. The summed E-state index contributed by atoms with van der Waals surface area (Å²) in [6.07, 6.45) is 5.46. The highest BCUT2D eigenvalue weighted by atomic mass is 32.2. The molecule has 6 heteroatoms. The van der Waals surface area contributed by atoms with Crippen molar-refractivity contribution in [2.75, 3.05) is 38.5 Å². The zero-order valence-electron chi connectivity index (χ0n) is 16.1. The van der Waals surface area contributed by atoms with E-state index < -0.39 is 5.97 Å². The van der Waals surface area contributed by atoms with Gasteiger partial charge in [-0.2, -0.15) is 0 Å². The first-order chi connectivity index (χ1) is 13.1. The van der Waals surface area contributed by atoms with Crippen molar-refractivity contribution in [3.8, 4) is 0 Å². The second-order valence-corrected chi connectivity index (χ2v) is 8.21. The highest BCUT2D eigenvalue weighted by Gasteiger charge is 2.20. The second kappa shape index (κ2) is 12.8. The number of amides is 1. The van der Waals surface area contributed by atoms with Crippen LogP contribution in [0.5, 0.6) is 0 Å². The van der Waals surface area contributed by atoms with Gasteiger partial charge in [0.2, 0.25) is 5.91 Å². The Hall–Kier alpha value is -1.53. The molecule has 1 aliphatic rings. The molecule has 2 rings (SSSR count). The number of carbonyl (C=O) groups excluding carboxylic acids is 1. The molecule has 1 fully saturated rings. The highest BCUT2D eigenvalue weighted by molar-refractivity contribution is 7.99. The number of unbranched alkanes of at least 4 members (excludes halogenated alkanes) is 3. The number of aliphatic carboxylic acids is 1. The summed E-state index contributed by atoms with van der Waals surface area (Å²) >= 11 is 1.92. The Morgan fingerprint density at radius 2 is 1.59 bits per heavy atom. The van der Waals surface area contributed by atoms with Crippen LogP contribution in [0.25, 0.3) is 0 Å². The van der Waals surface area contributed by atoms with E-state index in [1.54, 1.807) is 0 Å². The van der Waals surface area contributed by atoms with E-state index in [0.29, 0.717) is 12.8 Å². The van der Waals surface area contributed by atoms with Gasteiger partial charge in [-0.05, 0) is 50.1 Å². The normalized spacial score (nSPS) is 15.0. The fourth-order valence-electron chi connectivity index (χ4n) is 3.25. The topological polar surface area (TPSA) is 60.9 Å². The number of carboxylic acids is 1. The Morgan fingerprint density at radius 3 is 2.30 bits per heavy atom. The molecule has 150 valence electrons. The van der Waals surface area contributed by atoms with Crippen LogP contribution in [0.2, 0.25) is 0 Å². The van der Waals surface area contributed by atoms with E-state index in [4.69, 9.17) is 5.11 Å². The number of nitrogens with zero attached hydrogens (tertiary/aromatic N) is 2. The maximum Gasteiger partial charge on any atom is 0.303 e. The number of hydrogen-bond donors (Lipinski definition) is 1. The minimum atomic E-state index is -0.754. The van der Waals surface area contributed by atoms with Crippen LogP contribution >= 0.6 is 11.8 Å². The first-order valence-corrected chi connectivity index (χ1v) is 11.0. The molecule has 1 heterocycles. The standard InChI is InChI=1S/C21H32N2O3S/c24-20(11-5-2-6-12-21(25)26)23-16-14-22(15-17-23)13-7-8-18-27-19-9-3-1-4-10-19/h1,3-4,9-10H,2,5-8,11-18H2,(H,25,26). The van der Waals surface area contributed by atoms with Crippen molar-refractivity contribution in [2.45, 2.75) is 49.8 Å². The van der Waals surface area contributed by atoms with Gasteiger partial charge in [0.15, 0.2) is 0 Å². The molecular weight excluding hydrogens is 360 g/mol. The largest absolute Gasteiger partial charge is 0.481 e. The lowest BCUT2D eigenvalue weighted by Crippen LogP contribution is -2.48. The van der Waals surface area contributed by atoms with Gasteiger partial charge in [-0.15, -0.1) is 11.8 Å². The van der Waals surface area contributed by atoms with Gasteiger partial charge in [-0.1, -0.05) is 24.6 Å². The lowest BCUT2D eigenvalue weighted by Gasteiger charge is -2.34. The summed E-state index contributed by atoms with van der Waals surface area (Å²) in [5, 5.41) is 8.61. The van der Waals surface area contributed by atoms with Crippen molar-refractivity contribution in [1.82, 2.24) is 9.80 Å². The van der Waals surface area contributed by atoms with Gasteiger partial charge in [-0.25, -0.2) is 0 Å². The van der Waals surface area contributed by atoms with Crippen LogP contribution in [0.3, 0.4) is 0 Å². The number of benzene rings is 1. The molecule has 1 aliphatic heterocycles. The highest BCUT2D eigenvalue weighted by Crippen LogP contribution is 2.18. The van der Waals surface area contributed by atoms with Gasteiger partial charge < -0.3 is 10.0 Å². The maximum absolute atomic E-state index is 12.2. The van der Waals surface area contributed by atoms with Crippen LogP contribution in [0.1, 0.15) is 44.9 Å². The third-order valence-electron chi connectivity index (χ3n) is 4.89. The Balaban J connectivity index is 1.48. The van der Waals surface area contributed by atoms with Gasteiger partial charge >= 0.3 is 5.97 Å². The molecule has 0 aromatic heterocycles. The van der Waals surface area contributed by atoms with E-state index in [1.807, 2.05) is 22.7 Å². The summed E-state index contributed by atoms with van der Waals surface area (Å²) < 4.78 is 0. The van der Waals surface area contributed by atoms with Crippen LogP contribution < -0.4 is 0 Å². The summed E-state index contributed by atoms with van der Waals surface area (Å²) in [5.74, 6) is 0.630. The summed E-state index contributed by atoms with van der Waals surface area (Å²) in [6.45, 7) is 4.71. The molecule has 0 atom stereocenters. The van der Waals surface area contributed by atoms with Crippen LogP contribution in [0, 0.1) is 0 Å². The Morgan fingerprint density at radius 1 is 0.889 bits per heavy atom. The minimum Gasteiger partial charge on any atom is -0.481 e. The Labute approximate surface area is 167 Å². The number of thioether (sulfide) groups is 1. The number of hydrogen-bond acceptors (Lipinski definition) is 4. The molecule has 0 saturated carbocycles. The second-order valence-electron chi connectivity index (χ2n) is 7.05. The van der Waals surface area contributed by atoms with Crippen molar-refractivity contribution < 1.29 is 14.7 Å². The first kappa shape index (κ1) is 21.8. The first-order valence-electron chi connectivity index (χ1n) is 10.0. The summed E-state index contributed by atoms with van der Waals surface area (Å²) in [7, 11) is 0. The zero-order valence-corrected chi connectivity index (χ0v) is 17.0. The van der Waals surface area contributed by atoms with E-state index >= 15 is 0 Å². The predicted molar refractivity (Wildman–Crippen MR) is 110 cm³/mol. The average Bonchev–Trinajstić information content (AvgIpc) is 2.68. The van der Waals surface area contributed by atoms with Crippen molar-refractivity contribution in [3.63, 3.8) is 0 Å². The van der Waals surface area contributed by atoms with Crippen LogP contribution in [0.15, 0.2) is 35.2 Å². The van der Waals surface area contributed by atoms with Crippen LogP contribution in [-0.4, -0.2) is 65.3 Å². The van der Waals surface area contributed by atoms with Crippen LogP contribution in [0.4, 0.5) is 0 Å². The SMILES string of the molecule is O=C(O)CCCCCC(=O)N1CCN(CCCCSc2ccccc2)CC1. The van der Waals surface area contributed by atoms with Gasteiger partial charge in [0, 0.05) is 43.9 Å². The molecule has 0 unspecified atom stereocenters. The molecule has 1 N–H and O–H groups in total. The Kier molecular flexibility index (Phi) is 10.3. The lowest BCUT2D eigenvalue weighted by atomic mass is 10.1. The summed E-state index contributed by atoms with van der Waals surface area (Å²) in [5.41, 5.74) is 0. The molecule has 1 aromatic carbocycles. The fraction of sp³-hybridized carbons (Fsp3) is 0.619. The molecule has 0 radical (unpaired) electrons. The van der Waals surface area contributed by atoms with E-state index in [0.717, 1.165) is 51.3 Å². The van der Waals surface area contributed by atoms with E-state index in [-0.39, 0.29) is 12.3 Å². The average molecular weight is 393 g/mol. The van der Waals surface area contributed by atoms with Crippen molar-refractivity contribution in [1.29, 1.82) is 0 Å². The van der Waals surface area contributed by atoms with Gasteiger partial charge in [0.05, 0.1) is 0 Å². The van der Waals surface area contributed by atoms with E-state index in [1.165, 1.54) is 17.7 Å². The van der Waals surface area contributed by atoms with Crippen LogP contribution in [-0.2, 0) is 9.59 Å². The van der Waals surface area contributed by atoms with E-state index in [9.17, 15) is 9.59 Å². The molecule has 1 saturated heterocycles. The Bertz CT molecular complexity index is 560. The molecular formula is C21H32N2O3S. The number of rotatable bonds is 12. The smallest absolute Gasteiger partial charge is 0.303 e.